The van der Waals surface area contributed by atoms with Gasteiger partial charge in [0.15, 0.2) is 6.29 Å². The molecular formula is C9H13NO2. The van der Waals surface area contributed by atoms with Crippen LogP contribution >= 0.6 is 0 Å². The van der Waals surface area contributed by atoms with Gasteiger partial charge in [-0.15, -0.1) is 0 Å². The average molecular weight is 167 g/mol. The number of aliphatic hydroxyl groups excluding tert-OH is 1. The van der Waals surface area contributed by atoms with Gasteiger partial charge in [0.25, 0.3) is 0 Å². The summed E-state index contributed by atoms with van der Waals surface area (Å²) in [6.45, 7) is 0.425. The van der Waals surface area contributed by atoms with Crippen molar-refractivity contribution >= 4 is 0 Å². The molecule has 0 saturated carbocycles. The van der Waals surface area contributed by atoms with Gasteiger partial charge in [0.1, 0.15) is 5.75 Å². The second-order valence-corrected chi connectivity index (χ2v) is 2.46. The zero-order valence-electron chi connectivity index (χ0n) is 6.81. The largest absolute Gasteiger partial charge is 0.465 e. The van der Waals surface area contributed by atoms with E-state index in [0.717, 1.165) is 0 Å². The number of ether oxygens (including phenoxy) is 1. The third-order valence-corrected chi connectivity index (χ3v) is 1.43. The van der Waals surface area contributed by atoms with Crippen LogP contribution in [0.3, 0.4) is 0 Å². The third kappa shape index (κ3) is 2.90. The Morgan fingerprint density at radius 3 is 2.58 bits per heavy atom. The third-order valence-electron chi connectivity index (χ3n) is 1.43. The van der Waals surface area contributed by atoms with Gasteiger partial charge in [0, 0.05) is 6.42 Å². The second kappa shape index (κ2) is 4.74. The highest BCUT2D eigenvalue weighted by molar-refractivity contribution is 5.20. The van der Waals surface area contributed by atoms with Gasteiger partial charge >= 0.3 is 0 Å². The summed E-state index contributed by atoms with van der Waals surface area (Å²) in [6.07, 6.45) is -0.341. The van der Waals surface area contributed by atoms with Crippen LogP contribution in [-0.4, -0.2) is 17.9 Å². The van der Waals surface area contributed by atoms with Gasteiger partial charge in [-0.05, 0) is 18.7 Å². The Morgan fingerprint density at radius 2 is 2.00 bits per heavy atom. The summed E-state index contributed by atoms with van der Waals surface area (Å²) in [5.41, 5.74) is 5.24. The Balaban J connectivity index is 2.41. The highest BCUT2D eigenvalue weighted by Gasteiger charge is 2.02. The minimum Gasteiger partial charge on any atom is -0.465 e. The van der Waals surface area contributed by atoms with Crippen LogP contribution in [0, 0.1) is 0 Å². The second-order valence-electron chi connectivity index (χ2n) is 2.46. The van der Waals surface area contributed by atoms with E-state index in [9.17, 15) is 5.11 Å². The standard InChI is InChI=1S/C9H13NO2/c10-7-6-9(11)12-8-4-2-1-3-5-8/h1-5,9,11H,6-7,10H2. The molecule has 0 fully saturated rings. The van der Waals surface area contributed by atoms with E-state index in [0.29, 0.717) is 18.7 Å². The van der Waals surface area contributed by atoms with E-state index in [4.69, 9.17) is 10.5 Å². The van der Waals surface area contributed by atoms with Crippen LogP contribution in [0.25, 0.3) is 0 Å². The molecule has 1 unspecified atom stereocenters. The fourth-order valence-electron chi connectivity index (χ4n) is 0.858. The van der Waals surface area contributed by atoms with Crippen molar-refractivity contribution in [2.75, 3.05) is 6.54 Å². The monoisotopic (exact) mass is 167 g/mol. The maximum atomic E-state index is 9.20. The number of hydrogen-bond acceptors (Lipinski definition) is 3. The van der Waals surface area contributed by atoms with Crippen molar-refractivity contribution in [1.29, 1.82) is 0 Å². The summed E-state index contributed by atoms with van der Waals surface area (Å²) in [5, 5.41) is 9.20. The molecular weight excluding hydrogens is 154 g/mol. The highest BCUT2D eigenvalue weighted by atomic mass is 16.6. The summed E-state index contributed by atoms with van der Waals surface area (Å²) in [7, 11) is 0. The molecule has 1 atom stereocenters. The van der Waals surface area contributed by atoms with E-state index in [2.05, 4.69) is 0 Å². The van der Waals surface area contributed by atoms with Gasteiger partial charge < -0.3 is 15.6 Å². The predicted molar refractivity (Wildman–Crippen MR) is 46.7 cm³/mol. The van der Waals surface area contributed by atoms with Gasteiger partial charge in [0.2, 0.25) is 0 Å². The van der Waals surface area contributed by atoms with Crippen LogP contribution in [0.1, 0.15) is 6.42 Å². The molecule has 0 aromatic heterocycles. The lowest BCUT2D eigenvalue weighted by Gasteiger charge is -2.11. The topological polar surface area (TPSA) is 55.5 Å². The van der Waals surface area contributed by atoms with E-state index < -0.39 is 6.29 Å². The van der Waals surface area contributed by atoms with Crippen molar-refractivity contribution in [3.05, 3.63) is 30.3 Å². The van der Waals surface area contributed by atoms with E-state index in [1.165, 1.54) is 0 Å². The lowest BCUT2D eigenvalue weighted by Crippen LogP contribution is -2.19. The lowest BCUT2D eigenvalue weighted by atomic mass is 10.3. The van der Waals surface area contributed by atoms with Crippen LogP contribution < -0.4 is 10.5 Å². The van der Waals surface area contributed by atoms with Crippen molar-refractivity contribution < 1.29 is 9.84 Å². The molecule has 1 aromatic rings. The molecule has 3 heteroatoms. The van der Waals surface area contributed by atoms with Gasteiger partial charge in [0.05, 0.1) is 0 Å². The van der Waals surface area contributed by atoms with Crippen LogP contribution in [0.15, 0.2) is 30.3 Å². The molecule has 0 heterocycles. The molecule has 3 nitrogen and oxygen atoms in total. The fraction of sp³-hybridized carbons (Fsp3) is 0.333. The first-order valence-corrected chi connectivity index (χ1v) is 3.93. The first-order valence-electron chi connectivity index (χ1n) is 3.93. The molecule has 1 aromatic carbocycles. The molecule has 0 saturated heterocycles. The van der Waals surface area contributed by atoms with Crippen molar-refractivity contribution in [2.24, 2.45) is 5.73 Å². The minimum atomic E-state index is -0.794. The SMILES string of the molecule is NCCC(O)Oc1ccccc1. The van der Waals surface area contributed by atoms with Crippen molar-refractivity contribution in [1.82, 2.24) is 0 Å². The molecule has 66 valence electrons. The quantitative estimate of drug-likeness (QED) is 0.650. The summed E-state index contributed by atoms with van der Waals surface area (Å²) in [6, 6.07) is 9.18. The van der Waals surface area contributed by atoms with Gasteiger partial charge in [-0.25, -0.2) is 0 Å². The molecule has 0 bridgehead atoms. The Bertz CT molecular complexity index is 213. The number of rotatable bonds is 4. The van der Waals surface area contributed by atoms with Crippen LogP contribution in [0.5, 0.6) is 5.75 Å². The molecule has 3 N–H and O–H groups in total. The predicted octanol–water partition coefficient (Wildman–Crippen LogP) is 0.733. The summed E-state index contributed by atoms with van der Waals surface area (Å²) in [5.74, 6) is 0.665. The van der Waals surface area contributed by atoms with Crippen molar-refractivity contribution in [3.63, 3.8) is 0 Å². The maximum absolute atomic E-state index is 9.20. The Morgan fingerprint density at radius 1 is 1.33 bits per heavy atom. The zero-order chi connectivity index (χ0) is 8.81. The number of nitrogens with two attached hydrogens (primary N) is 1. The molecule has 0 amide bonds. The van der Waals surface area contributed by atoms with Gasteiger partial charge in [-0.3, -0.25) is 0 Å². The number of benzene rings is 1. The normalized spacial score (nSPS) is 12.5. The van der Waals surface area contributed by atoms with Crippen molar-refractivity contribution in [2.45, 2.75) is 12.7 Å². The number of aliphatic hydroxyl groups is 1. The zero-order valence-corrected chi connectivity index (χ0v) is 6.81. The number of hydrogen-bond donors (Lipinski definition) is 2. The van der Waals surface area contributed by atoms with E-state index in [1.807, 2.05) is 18.2 Å². The molecule has 0 aliphatic carbocycles. The maximum Gasteiger partial charge on any atom is 0.198 e. The molecule has 0 aliphatic rings. The van der Waals surface area contributed by atoms with Crippen LogP contribution in [-0.2, 0) is 0 Å². The molecule has 12 heavy (non-hydrogen) atoms. The fourth-order valence-corrected chi connectivity index (χ4v) is 0.858. The summed E-state index contributed by atoms with van der Waals surface area (Å²) in [4.78, 5) is 0. The Hall–Kier alpha value is -1.06. The molecule has 0 radical (unpaired) electrons. The van der Waals surface area contributed by atoms with E-state index >= 15 is 0 Å². The van der Waals surface area contributed by atoms with E-state index in [-0.39, 0.29) is 0 Å². The summed E-state index contributed by atoms with van der Waals surface area (Å²) < 4.78 is 5.13. The van der Waals surface area contributed by atoms with E-state index in [1.54, 1.807) is 12.1 Å². The average Bonchev–Trinajstić information content (AvgIpc) is 2.06. The minimum absolute atomic E-state index is 0.425. The highest BCUT2D eigenvalue weighted by Crippen LogP contribution is 2.10. The molecule has 0 spiro atoms. The van der Waals surface area contributed by atoms with Gasteiger partial charge in [-0.2, -0.15) is 0 Å². The van der Waals surface area contributed by atoms with Crippen molar-refractivity contribution in [3.8, 4) is 5.75 Å². The first-order chi connectivity index (χ1) is 5.83. The molecule has 0 aliphatic heterocycles. The van der Waals surface area contributed by atoms with Crippen LogP contribution in [0.4, 0.5) is 0 Å². The smallest absolute Gasteiger partial charge is 0.198 e. The first kappa shape index (κ1) is 9.03. The Kier molecular flexibility index (Phi) is 3.57. The Labute approximate surface area is 71.8 Å². The number of para-hydroxylation sites is 1. The van der Waals surface area contributed by atoms with Gasteiger partial charge in [-0.1, -0.05) is 18.2 Å². The lowest BCUT2D eigenvalue weighted by molar-refractivity contribution is -0.0208. The summed E-state index contributed by atoms with van der Waals surface area (Å²) >= 11 is 0. The van der Waals surface area contributed by atoms with Crippen LogP contribution in [0.2, 0.25) is 0 Å². The molecule has 1 rings (SSSR count).